The van der Waals surface area contributed by atoms with Crippen molar-refractivity contribution in [2.45, 2.75) is 20.4 Å². The number of carbonyl (C=O) groups is 2. The van der Waals surface area contributed by atoms with E-state index in [2.05, 4.69) is 15.4 Å². The zero-order valence-corrected chi connectivity index (χ0v) is 17.3. The first kappa shape index (κ1) is 21.2. The fourth-order valence-electron chi connectivity index (χ4n) is 2.53. The van der Waals surface area contributed by atoms with E-state index in [0.717, 1.165) is 27.3 Å². The Morgan fingerprint density at radius 3 is 2.57 bits per heavy atom. The van der Waals surface area contributed by atoms with Gasteiger partial charge in [0.2, 0.25) is 5.91 Å². The minimum atomic E-state index is -0.560. The van der Waals surface area contributed by atoms with Crippen LogP contribution >= 0.6 is 11.3 Å². The van der Waals surface area contributed by atoms with E-state index in [0.29, 0.717) is 12.3 Å². The molecule has 0 saturated carbocycles. The largest absolute Gasteiger partial charge is 0.494 e. The second-order valence-corrected chi connectivity index (χ2v) is 6.84. The highest BCUT2D eigenvalue weighted by Crippen LogP contribution is 2.20. The van der Waals surface area contributed by atoms with Gasteiger partial charge in [0.05, 0.1) is 18.9 Å². The average Bonchev–Trinajstić information content (AvgIpc) is 3.19. The van der Waals surface area contributed by atoms with E-state index in [-0.39, 0.29) is 24.0 Å². The number of hydrogen-bond donors (Lipinski definition) is 1. The molecule has 0 saturated heterocycles. The van der Waals surface area contributed by atoms with Crippen molar-refractivity contribution in [3.8, 4) is 17.0 Å². The molecule has 10 heteroatoms. The van der Waals surface area contributed by atoms with Gasteiger partial charge in [-0.15, -0.1) is 11.3 Å². The number of rotatable bonds is 8. The highest BCUT2D eigenvalue weighted by atomic mass is 32.1. The Hall–Kier alpha value is -3.53. The third-order valence-corrected chi connectivity index (χ3v) is 4.61. The number of amides is 1. The number of nitrogens with zero attached hydrogens (tertiary/aromatic N) is 3. The summed E-state index contributed by atoms with van der Waals surface area (Å²) in [6.45, 7) is 4.10. The zero-order valence-electron chi connectivity index (χ0n) is 16.5. The van der Waals surface area contributed by atoms with Crippen LogP contribution < -0.4 is 15.6 Å². The molecule has 2 aromatic heterocycles. The fraction of sp³-hybridized carbons (Fsp3) is 0.250. The molecule has 3 aromatic rings. The molecule has 1 aromatic carbocycles. The molecule has 3 rings (SSSR count). The van der Waals surface area contributed by atoms with Crippen LogP contribution in [0.5, 0.6) is 5.75 Å². The highest BCUT2D eigenvalue weighted by Gasteiger charge is 2.14. The van der Waals surface area contributed by atoms with Gasteiger partial charge in [0.1, 0.15) is 12.3 Å². The SMILES string of the molecule is CCOC(=O)c1csc(NC(=O)Cn2nc(-c3ccc(OCC)cc3)ccc2=O)n1. The van der Waals surface area contributed by atoms with Crippen LogP contribution in [0.15, 0.2) is 46.6 Å². The lowest BCUT2D eigenvalue weighted by atomic mass is 10.1. The number of benzene rings is 1. The van der Waals surface area contributed by atoms with E-state index in [1.807, 2.05) is 31.2 Å². The van der Waals surface area contributed by atoms with Crippen LogP contribution in [-0.2, 0) is 16.1 Å². The summed E-state index contributed by atoms with van der Waals surface area (Å²) in [5.74, 6) is -0.312. The molecule has 0 atom stereocenters. The van der Waals surface area contributed by atoms with Gasteiger partial charge in [-0.1, -0.05) is 0 Å². The smallest absolute Gasteiger partial charge is 0.357 e. The highest BCUT2D eigenvalue weighted by molar-refractivity contribution is 7.14. The Balaban J connectivity index is 1.70. The Morgan fingerprint density at radius 1 is 1.10 bits per heavy atom. The van der Waals surface area contributed by atoms with Crippen molar-refractivity contribution in [2.24, 2.45) is 0 Å². The van der Waals surface area contributed by atoms with Crippen LogP contribution in [0.2, 0.25) is 0 Å². The fourth-order valence-corrected chi connectivity index (χ4v) is 3.23. The number of hydrogen-bond acceptors (Lipinski definition) is 8. The summed E-state index contributed by atoms with van der Waals surface area (Å²) in [7, 11) is 0. The minimum absolute atomic E-state index is 0.116. The van der Waals surface area contributed by atoms with Gasteiger partial charge in [-0.05, 0) is 44.2 Å². The molecule has 0 aliphatic heterocycles. The molecule has 0 spiro atoms. The van der Waals surface area contributed by atoms with Gasteiger partial charge in [0, 0.05) is 17.0 Å². The van der Waals surface area contributed by atoms with Crippen LogP contribution in [-0.4, -0.2) is 39.9 Å². The van der Waals surface area contributed by atoms with Crippen LogP contribution in [0.25, 0.3) is 11.3 Å². The molecule has 2 heterocycles. The lowest BCUT2D eigenvalue weighted by molar-refractivity contribution is -0.117. The quantitative estimate of drug-likeness (QED) is 0.549. The second-order valence-electron chi connectivity index (χ2n) is 5.98. The molecule has 0 bridgehead atoms. The topological polar surface area (TPSA) is 112 Å². The van der Waals surface area contributed by atoms with Gasteiger partial charge in [-0.2, -0.15) is 5.10 Å². The first-order valence-corrected chi connectivity index (χ1v) is 10.1. The van der Waals surface area contributed by atoms with E-state index in [9.17, 15) is 14.4 Å². The number of aromatic nitrogens is 3. The number of esters is 1. The molecule has 156 valence electrons. The van der Waals surface area contributed by atoms with Gasteiger partial charge in [0.25, 0.3) is 5.56 Å². The molecule has 0 unspecified atom stereocenters. The first-order valence-electron chi connectivity index (χ1n) is 9.24. The Kier molecular flexibility index (Phi) is 6.91. The number of anilines is 1. The summed E-state index contributed by atoms with van der Waals surface area (Å²) >= 11 is 1.09. The van der Waals surface area contributed by atoms with E-state index in [4.69, 9.17) is 9.47 Å². The molecule has 0 aliphatic carbocycles. The van der Waals surface area contributed by atoms with Crippen LogP contribution in [0.3, 0.4) is 0 Å². The normalized spacial score (nSPS) is 10.5. The molecular formula is C20H20N4O5S. The second kappa shape index (κ2) is 9.79. The maximum atomic E-state index is 12.3. The Bertz CT molecular complexity index is 1090. The summed E-state index contributed by atoms with van der Waals surface area (Å²) in [4.78, 5) is 40.1. The number of nitrogens with one attached hydrogen (secondary N) is 1. The first-order chi connectivity index (χ1) is 14.5. The number of ether oxygens (including phenoxy) is 2. The van der Waals surface area contributed by atoms with Gasteiger partial charge in [-0.3, -0.25) is 9.59 Å². The van der Waals surface area contributed by atoms with Crippen molar-refractivity contribution in [3.05, 3.63) is 57.8 Å². The van der Waals surface area contributed by atoms with Crippen molar-refractivity contribution in [2.75, 3.05) is 18.5 Å². The van der Waals surface area contributed by atoms with Crippen molar-refractivity contribution >= 4 is 28.3 Å². The number of thiazole rings is 1. The van der Waals surface area contributed by atoms with Crippen molar-refractivity contribution in [3.63, 3.8) is 0 Å². The van der Waals surface area contributed by atoms with E-state index < -0.39 is 17.4 Å². The molecule has 9 nitrogen and oxygen atoms in total. The van der Waals surface area contributed by atoms with E-state index in [1.54, 1.807) is 13.0 Å². The maximum absolute atomic E-state index is 12.3. The van der Waals surface area contributed by atoms with Crippen molar-refractivity contribution in [1.29, 1.82) is 0 Å². The monoisotopic (exact) mass is 428 g/mol. The molecule has 0 aliphatic rings. The van der Waals surface area contributed by atoms with Crippen LogP contribution in [0.4, 0.5) is 5.13 Å². The summed E-state index contributed by atoms with van der Waals surface area (Å²) in [6, 6.07) is 10.2. The summed E-state index contributed by atoms with van der Waals surface area (Å²) < 4.78 is 11.3. The maximum Gasteiger partial charge on any atom is 0.357 e. The van der Waals surface area contributed by atoms with Gasteiger partial charge >= 0.3 is 5.97 Å². The van der Waals surface area contributed by atoms with Gasteiger partial charge in [0.15, 0.2) is 10.8 Å². The summed E-state index contributed by atoms with van der Waals surface area (Å²) in [5, 5.41) is 8.55. The summed E-state index contributed by atoms with van der Waals surface area (Å²) in [5.41, 5.74) is 1.03. The molecule has 0 radical (unpaired) electrons. The average molecular weight is 428 g/mol. The Labute approximate surface area is 176 Å². The Morgan fingerprint density at radius 2 is 1.87 bits per heavy atom. The van der Waals surface area contributed by atoms with Gasteiger partial charge < -0.3 is 14.8 Å². The van der Waals surface area contributed by atoms with E-state index >= 15 is 0 Å². The third kappa shape index (κ3) is 5.29. The molecular weight excluding hydrogens is 408 g/mol. The van der Waals surface area contributed by atoms with Crippen LogP contribution in [0.1, 0.15) is 24.3 Å². The number of carbonyl (C=O) groups excluding carboxylic acids is 2. The molecule has 1 N–H and O–H groups in total. The summed E-state index contributed by atoms with van der Waals surface area (Å²) in [6.07, 6.45) is 0. The molecule has 1 amide bonds. The predicted octanol–water partition coefficient (Wildman–Crippen LogP) is 2.58. The lowest BCUT2D eigenvalue weighted by Crippen LogP contribution is -2.29. The predicted molar refractivity (Wildman–Crippen MR) is 112 cm³/mol. The van der Waals surface area contributed by atoms with Crippen molar-refractivity contribution < 1.29 is 19.1 Å². The standard InChI is InChI=1S/C20H20N4O5S/c1-3-28-14-7-5-13(6-8-14)15-9-10-18(26)24(23-15)11-17(25)22-20-21-16(12-30-20)19(27)29-4-2/h5-10,12H,3-4,11H2,1-2H3,(H,21,22,25). The molecule has 0 fully saturated rings. The molecule has 30 heavy (non-hydrogen) atoms. The minimum Gasteiger partial charge on any atom is -0.494 e. The van der Waals surface area contributed by atoms with Crippen LogP contribution in [0, 0.1) is 0 Å². The van der Waals surface area contributed by atoms with Gasteiger partial charge in [-0.25, -0.2) is 14.5 Å². The lowest BCUT2D eigenvalue weighted by Gasteiger charge is -2.08. The van der Waals surface area contributed by atoms with Crippen molar-refractivity contribution in [1.82, 2.24) is 14.8 Å². The van der Waals surface area contributed by atoms with E-state index in [1.165, 1.54) is 11.4 Å². The third-order valence-electron chi connectivity index (χ3n) is 3.86. The zero-order chi connectivity index (χ0) is 21.5.